The lowest BCUT2D eigenvalue weighted by atomic mass is 10.0. The maximum atomic E-state index is 11.9. The molecule has 0 spiro atoms. The van der Waals surface area contributed by atoms with E-state index >= 15 is 0 Å². The number of amides is 1. The van der Waals surface area contributed by atoms with Crippen LogP contribution >= 0.6 is 0 Å². The van der Waals surface area contributed by atoms with E-state index in [1.165, 1.54) is 0 Å². The minimum atomic E-state index is -0.199. The number of methoxy groups -OCH3 is 1. The molecule has 0 saturated carbocycles. The number of benzene rings is 2. The summed E-state index contributed by atoms with van der Waals surface area (Å²) in [5, 5.41) is 7.24. The first-order valence-electron chi connectivity index (χ1n) is 7.78. The molecule has 0 saturated heterocycles. The molecule has 0 heterocycles. The smallest absolute Gasteiger partial charge is 0.259 e. The van der Waals surface area contributed by atoms with Gasteiger partial charge in [-0.05, 0) is 56.7 Å². The van der Waals surface area contributed by atoms with Gasteiger partial charge in [-0.2, -0.15) is 5.10 Å². The van der Waals surface area contributed by atoms with Crippen molar-refractivity contribution in [1.29, 1.82) is 0 Å². The number of ether oxygens (including phenoxy) is 1. The number of nitrogens with one attached hydrogen (secondary N) is 2. The summed E-state index contributed by atoms with van der Waals surface area (Å²) in [6.45, 7) is 6.10. The highest BCUT2D eigenvalue weighted by Gasteiger charge is 2.04. The summed E-state index contributed by atoms with van der Waals surface area (Å²) < 4.78 is 5.09. The Kier molecular flexibility index (Phi) is 5.95. The first kappa shape index (κ1) is 17.5. The second kappa shape index (κ2) is 8.15. The van der Waals surface area contributed by atoms with Crippen LogP contribution in [-0.4, -0.2) is 25.3 Å². The largest absolute Gasteiger partial charge is 0.497 e. The molecule has 126 valence electrons. The van der Waals surface area contributed by atoms with Gasteiger partial charge in [0, 0.05) is 11.3 Å². The molecule has 24 heavy (non-hydrogen) atoms. The van der Waals surface area contributed by atoms with Gasteiger partial charge in [0.1, 0.15) is 5.75 Å². The number of hydrogen-bond acceptors (Lipinski definition) is 4. The van der Waals surface area contributed by atoms with E-state index in [0.717, 1.165) is 33.8 Å². The van der Waals surface area contributed by atoms with E-state index in [0.29, 0.717) is 0 Å². The molecule has 0 atom stereocenters. The second-order valence-corrected chi connectivity index (χ2v) is 5.63. The van der Waals surface area contributed by atoms with E-state index in [2.05, 4.69) is 34.0 Å². The highest BCUT2D eigenvalue weighted by Crippen LogP contribution is 2.14. The minimum Gasteiger partial charge on any atom is -0.497 e. The Morgan fingerprint density at radius 1 is 1.12 bits per heavy atom. The third-order valence-electron chi connectivity index (χ3n) is 3.67. The Labute approximate surface area is 142 Å². The van der Waals surface area contributed by atoms with Gasteiger partial charge >= 0.3 is 0 Å². The van der Waals surface area contributed by atoms with Gasteiger partial charge in [0.25, 0.3) is 5.91 Å². The fraction of sp³-hybridized carbons (Fsp3) is 0.263. The summed E-state index contributed by atoms with van der Waals surface area (Å²) in [6, 6.07) is 13.6. The Bertz CT molecular complexity index is 737. The van der Waals surface area contributed by atoms with Crippen LogP contribution in [0.2, 0.25) is 0 Å². The van der Waals surface area contributed by atoms with Crippen molar-refractivity contribution in [2.75, 3.05) is 19.0 Å². The van der Waals surface area contributed by atoms with Crippen LogP contribution in [0.4, 0.5) is 5.69 Å². The van der Waals surface area contributed by atoms with Gasteiger partial charge in [0.2, 0.25) is 0 Å². The van der Waals surface area contributed by atoms with Gasteiger partial charge in [-0.15, -0.1) is 0 Å². The number of nitrogens with zero attached hydrogens (tertiary/aromatic N) is 1. The van der Waals surface area contributed by atoms with Gasteiger partial charge < -0.3 is 10.1 Å². The average Bonchev–Trinajstić information content (AvgIpc) is 2.60. The lowest BCUT2D eigenvalue weighted by Gasteiger charge is -2.08. The Morgan fingerprint density at radius 3 is 2.50 bits per heavy atom. The van der Waals surface area contributed by atoms with Crippen molar-refractivity contribution in [2.24, 2.45) is 5.10 Å². The van der Waals surface area contributed by atoms with Gasteiger partial charge in [-0.3, -0.25) is 4.79 Å². The molecule has 2 rings (SSSR count). The van der Waals surface area contributed by atoms with Crippen molar-refractivity contribution in [3.05, 3.63) is 59.2 Å². The van der Waals surface area contributed by atoms with Crippen molar-refractivity contribution in [2.45, 2.75) is 20.8 Å². The molecular formula is C19H23N3O2. The fourth-order valence-electron chi connectivity index (χ4n) is 2.26. The number of carbonyl (C=O) groups is 1. The molecule has 0 aliphatic rings. The molecule has 0 radical (unpaired) electrons. The van der Waals surface area contributed by atoms with E-state index < -0.39 is 0 Å². The van der Waals surface area contributed by atoms with E-state index in [4.69, 9.17) is 4.74 Å². The number of hydrogen-bond donors (Lipinski definition) is 2. The summed E-state index contributed by atoms with van der Waals surface area (Å²) in [4.78, 5) is 11.9. The quantitative estimate of drug-likeness (QED) is 0.633. The predicted molar refractivity (Wildman–Crippen MR) is 97.8 cm³/mol. The monoisotopic (exact) mass is 325 g/mol. The van der Waals surface area contributed by atoms with Crippen LogP contribution in [0.5, 0.6) is 5.75 Å². The van der Waals surface area contributed by atoms with Crippen molar-refractivity contribution in [1.82, 2.24) is 5.43 Å². The van der Waals surface area contributed by atoms with E-state index in [1.807, 2.05) is 45.0 Å². The van der Waals surface area contributed by atoms with Crippen molar-refractivity contribution in [3.63, 3.8) is 0 Å². The van der Waals surface area contributed by atoms with Crippen LogP contribution in [0.1, 0.15) is 23.6 Å². The van der Waals surface area contributed by atoms with Crippen molar-refractivity contribution in [3.8, 4) is 5.75 Å². The summed E-state index contributed by atoms with van der Waals surface area (Å²) in [7, 11) is 1.62. The van der Waals surface area contributed by atoms with Crippen molar-refractivity contribution < 1.29 is 9.53 Å². The molecule has 0 bridgehead atoms. The molecule has 0 aliphatic heterocycles. The number of hydrazone groups is 1. The van der Waals surface area contributed by atoms with Crippen molar-refractivity contribution >= 4 is 17.3 Å². The number of anilines is 1. The summed E-state index contributed by atoms with van der Waals surface area (Å²) >= 11 is 0. The minimum absolute atomic E-state index is 0.149. The first-order chi connectivity index (χ1) is 11.5. The standard InChI is InChI=1S/C19H23N3O2/c1-13-5-6-14(2)18(11-13)15(3)21-22-19(23)12-20-16-7-9-17(24-4)10-8-16/h5-11,20H,12H2,1-4H3,(H,22,23)/b21-15-. The zero-order valence-electron chi connectivity index (χ0n) is 14.5. The van der Waals surface area contributed by atoms with Crippen LogP contribution in [0, 0.1) is 13.8 Å². The lowest BCUT2D eigenvalue weighted by molar-refractivity contribution is -0.119. The Hall–Kier alpha value is -2.82. The molecule has 2 aromatic carbocycles. The fourth-order valence-corrected chi connectivity index (χ4v) is 2.26. The molecule has 5 heteroatoms. The Balaban J connectivity index is 1.90. The summed E-state index contributed by atoms with van der Waals surface area (Å²) in [6.07, 6.45) is 0. The number of rotatable bonds is 6. The van der Waals surface area contributed by atoms with E-state index in [-0.39, 0.29) is 12.5 Å². The van der Waals surface area contributed by atoms with Crippen LogP contribution < -0.4 is 15.5 Å². The maximum Gasteiger partial charge on any atom is 0.259 e. The van der Waals surface area contributed by atoms with E-state index in [1.54, 1.807) is 7.11 Å². The van der Waals surface area contributed by atoms with Crippen LogP contribution in [0.25, 0.3) is 0 Å². The molecule has 1 amide bonds. The molecular weight excluding hydrogens is 302 g/mol. The molecule has 0 unspecified atom stereocenters. The number of aryl methyl sites for hydroxylation is 2. The molecule has 0 aliphatic carbocycles. The molecule has 2 N–H and O–H groups in total. The third kappa shape index (κ3) is 4.84. The SMILES string of the molecule is COc1ccc(NCC(=O)N/N=C(/C)c2cc(C)ccc2C)cc1. The van der Waals surface area contributed by atoms with Gasteiger partial charge in [-0.1, -0.05) is 17.7 Å². The topological polar surface area (TPSA) is 62.7 Å². The predicted octanol–water partition coefficient (Wildman–Crippen LogP) is 3.26. The van der Waals surface area contributed by atoms with Gasteiger partial charge in [0.05, 0.1) is 19.4 Å². The number of carbonyl (C=O) groups excluding carboxylic acids is 1. The summed E-state index contributed by atoms with van der Waals surface area (Å²) in [5.41, 5.74) is 7.55. The average molecular weight is 325 g/mol. The first-order valence-corrected chi connectivity index (χ1v) is 7.78. The Morgan fingerprint density at radius 2 is 1.83 bits per heavy atom. The molecule has 0 fully saturated rings. The van der Waals surface area contributed by atoms with Gasteiger partial charge in [-0.25, -0.2) is 5.43 Å². The zero-order chi connectivity index (χ0) is 17.5. The van der Waals surface area contributed by atoms with Crippen LogP contribution in [0.15, 0.2) is 47.6 Å². The second-order valence-electron chi connectivity index (χ2n) is 5.63. The normalized spacial score (nSPS) is 11.1. The van der Waals surface area contributed by atoms with Crippen LogP contribution in [0.3, 0.4) is 0 Å². The maximum absolute atomic E-state index is 11.9. The highest BCUT2D eigenvalue weighted by molar-refractivity contribution is 6.00. The zero-order valence-corrected chi connectivity index (χ0v) is 14.5. The van der Waals surface area contributed by atoms with E-state index in [9.17, 15) is 4.79 Å². The summed E-state index contributed by atoms with van der Waals surface area (Å²) in [5.74, 6) is 0.578. The van der Waals surface area contributed by atoms with Gasteiger partial charge in [0.15, 0.2) is 0 Å². The highest BCUT2D eigenvalue weighted by atomic mass is 16.5. The molecule has 5 nitrogen and oxygen atoms in total. The third-order valence-corrected chi connectivity index (χ3v) is 3.67. The lowest BCUT2D eigenvalue weighted by Crippen LogP contribution is -2.26. The van der Waals surface area contributed by atoms with Crippen LogP contribution in [-0.2, 0) is 4.79 Å². The molecule has 0 aromatic heterocycles. The molecule has 2 aromatic rings.